The van der Waals surface area contributed by atoms with E-state index in [2.05, 4.69) is 4.90 Å². The smallest absolute Gasteiger partial charge is 0.292 e. The van der Waals surface area contributed by atoms with Crippen LogP contribution in [0.25, 0.3) is 0 Å². The maximum Gasteiger partial charge on any atom is 0.292 e. The van der Waals surface area contributed by atoms with Crippen LogP contribution in [-0.4, -0.2) is 81.2 Å². The van der Waals surface area contributed by atoms with Crippen molar-refractivity contribution >= 4 is 17.3 Å². The summed E-state index contributed by atoms with van der Waals surface area (Å²) in [5.41, 5.74) is 1.76. The third kappa shape index (κ3) is 5.33. The van der Waals surface area contributed by atoms with Gasteiger partial charge in [-0.15, -0.1) is 0 Å². The van der Waals surface area contributed by atoms with E-state index in [1.807, 2.05) is 28.0 Å². The van der Waals surface area contributed by atoms with E-state index < -0.39 is 0 Å². The Morgan fingerprint density at radius 2 is 1.58 bits per heavy atom. The highest BCUT2D eigenvalue weighted by Crippen LogP contribution is 2.40. The second-order valence-electron chi connectivity index (χ2n) is 9.10. The number of para-hydroxylation sites is 2. The number of piperazine rings is 1. The highest BCUT2D eigenvalue weighted by Gasteiger charge is 2.32. The van der Waals surface area contributed by atoms with Crippen LogP contribution in [0.5, 0.6) is 17.2 Å². The van der Waals surface area contributed by atoms with Crippen LogP contribution in [-0.2, 0) is 11.3 Å². The van der Waals surface area contributed by atoms with Crippen molar-refractivity contribution in [3.8, 4) is 17.2 Å². The maximum atomic E-state index is 13.2. The summed E-state index contributed by atoms with van der Waals surface area (Å²) in [7, 11) is 4.82. The second kappa shape index (κ2) is 11.5. The molecule has 0 aromatic heterocycles. The number of hydrogen-bond donors (Lipinski definition) is 0. The SMILES string of the molecule is COc1ccc(CN2CCN(C(=O)C3CCN(c4ccccc4[N+](=O)[O-])CC3)CC2)c(OC)c1OC. The molecule has 4 rings (SSSR count). The number of hydrogen-bond acceptors (Lipinski definition) is 8. The molecule has 2 aromatic carbocycles. The van der Waals surface area contributed by atoms with Crippen molar-refractivity contribution in [2.45, 2.75) is 19.4 Å². The summed E-state index contributed by atoms with van der Waals surface area (Å²) >= 11 is 0. The highest BCUT2D eigenvalue weighted by atomic mass is 16.6. The maximum absolute atomic E-state index is 13.2. The van der Waals surface area contributed by atoms with Gasteiger partial charge in [0.15, 0.2) is 11.5 Å². The number of rotatable bonds is 8. The fourth-order valence-corrected chi connectivity index (χ4v) is 5.17. The summed E-state index contributed by atoms with van der Waals surface area (Å²) in [6.07, 6.45) is 1.40. The van der Waals surface area contributed by atoms with Crippen molar-refractivity contribution < 1.29 is 23.9 Å². The largest absolute Gasteiger partial charge is 0.493 e. The molecule has 0 bridgehead atoms. The van der Waals surface area contributed by atoms with E-state index in [9.17, 15) is 14.9 Å². The van der Waals surface area contributed by atoms with Gasteiger partial charge in [0.05, 0.1) is 26.3 Å². The van der Waals surface area contributed by atoms with Gasteiger partial charge in [0.1, 0.15) is 5.69 Å². The molecule has 1 amide bonds. The van der Waals surface area contributed by atoms with Crippen LogP contribution in [0.15, 0.2) is 36.4 Å². The lowest BCUT2D eigenvalue weighted by Crippen LogP contribution is -2.51. The number of amides is 1. The topological polar surface area (TPSA) is 97.6 Å². The summed E-state index contributed by atoms with van der Waals surface area (Å²) in [5, 5.41) is 11.4. The zero-order chi connectivity index (χ0) is 25.7. The molecule has 0 radical (unpaired) electrons. The third-order valence-corrected chi connectivity index (χ3v) is 7.13. The summed E-state index contributed by atoms with van der Waals surface area (Å²) in [6, 6.07) is 10.7. The van der Waals surface area contributed by atoms with E-state index in [0.717, 1.165) is 18.7 Å². The van der Waals surface area contributed by atoms with Crippen LogP contribution in [0.3, 0.4) is 0 Å². The van der Waals surface area contributed by atoms with Crippen molar-refractivity contribution in [3.05, 3.63) is 52.1 Å². The molecule has 2 saturated heterocycles. The van der Waals surface area contributed by atoms with Crippen LogP contribution < -0.4 is 19.1 Å². The van der Waals surface area contributed by atoms with Crippen molar-refractivity contribution in [3.63, 3.8) is 0 Å². The summed E-state index contributed by atoms with van der Waals surface area (Å²) in [5.74, 6) is 2.03. The predicted molar refractivity (Wildman–Crippen MR) is 136 cm³/mol. The number of methoxy groups -OCH3 is 3. The molecule has 10 heteroatoms. The van der Waals surface area contributed by atoms with Crippen molar-refractivity contribution in [1.29, 1.82) is 0 Å². The molecule has 10 nitrogen and oxygen atoms in total. The van der Waals surface area contributed by atoms with Crippen LogP contribution >= 0.6 is 0 Å². The number of nitro benzene ring substituents is 1. The number of benzene rings is 2. The molecule has 2 aliphatic rings. The van der Waals surface area contributed by atoms with Crippen LogP contribution in [0.2, 0.25) is 0 Å². The molecule has 2 heterocycles. The summed E-state index contributed by atoms with van der Waals surface area (Å²) in [6.45, 7) is 4.88. The minimum absolute atomic E-state index is 0.0403. The van der Waals surface area contributed by atoms with Gasteiger partial charge in [-0.05, 0) is 25.0 Å². The molecule has 0 atom stereocenters. The molecule has 2 aromatic rings. The van der Waals surface area contributed by atoms with Gasteiger partial charge in [-0.3, -0.25) is 19.8 Å². The first-order valence-electron chi connectivity index (χ1n) is 12.2. The summed E-state index contributed by atoms with van der Waals surface area (Å²) < 4.78 is 16.5. The van der Waals surface area contributed by atoms with Gasteiger partial charge in [0.25, 0.3) is 5.69 Å². The number of nitrogens with zero attached hydrogens (tertiary/aromatic N) is 4. The van der Waals surface area contributed by atoms with Gasteiger partial charge in [0.2, 0.25) is 11.7 Å². The molecule has 2 aliphatic heterocycles. The molecule has 36 heavy (non-hydrogen) atoms. The fourth-order valence-electron chi connectivity index (χ4n) is 5.17. The molecule has 0 unspecified atom stereocenters. The zero-order valence-corrected chi connectivity index (χ0v) is 21.1. The van der Waals surface area contributed by atoms with Gasteiger partial charge in [-0.1, -0.05) is 18.2 Å². The lowest BCUT2D eigenvalue weighted by molar-refractivity contribution is -0.384. The van der Waals surface area contributed by atoms with Gasteiger partial charge >= 0.3 is 0 Å². The number of anilines is 1. The molecule has 0 spiro atoms. The van der Waals surface area contributed by atoms with Crippen molar-refractivity contribution in [2.75, 3.05) is 65.5 Å². The first-order valence-corrected chi connectivity index (χ1v) is 12.2. The van der Waals surface area contributed by atoms with Crippen LogP contribution in [0.1, 0.15) is 18.4 Å². The Bertz CT molecular complexity index is 1080. The Labute approximate surface area is 211 Å². The average Bonchev–Trinajstić information content (AvgIpc) is 2.92. The fraction of sp³-hybridized carbons (Fsp3) is 0.500. The van der Waals surface area contributed by atoms with Gasteiger partial charge < -0.3 is 24.0 Å². The van der Waals surface area contributed by atoms with E-state index in [4.69, 9.17) is 14.2 Å². The Balaban J connectivity index is 1.31. The lowest BCUT2D eigenvalue weighted by atomic mass is 9.94. The molecular weight excluding hydrogens is 464 g/mol. The monoisotopic (exact) mass is 498 g/mol. The molecule has 194 valence electrons. The quantitative estimate of drug-likeness (QED) is 0.404. The Morgan fingerprint density at radius 1 is 0.917 bits per heavy atom. The molecular formula is C26H34N4O6. The van der Waals surface area contributed by atoms with E-state index in [1.54, 1.807) is 33.5 Å². The van der Waals surface area contributed by atoms with E-state index in [0.29, 0.717) is 68.5 Å². The minimum atomic E-state index is -0.344. The Morgan fingerprint density at radius 3 is 2.19 bits per heavy atom. The van der Waals surface area contributed by atoms with Crippen LogP contribution in [0, 0.1) is 16.0 Å². The number of carbonyl (C=O) groups excluding carboxylic acids is 1. The normalized spacial score (nSPS) is 17.1. The first kappa shape index (κ1) is 25.6. The van der Waals surface area contributed by atoms with E-state index in [-0.39, 0.29) is 22.4 Å². The minimum Gasteiger partial charge on any atom is -0.493 e. The lowest BCUT2D eigenvalue weighted by Gasteiger charge is -2.39. The van der Waals surface area contributed by atoms with Crippen LogP contribution in [0.4, 0.5) is 11.4 Å². The molecule has 0 N–H and O–H groups in total. The molecule has 0 saturated carbocycles. The average molecular weight is 499 g/mol. The zero-order valence-electron chi connectivity index (χ0n) is 21.1. The number of nitro groups is 1. The summed E-state index contributed by atoms with van der Waals surface area (Å²) in [4.78, 5) is 30.6. The number of piperidine rings is 1. The Hall–Kier alpha value is -3.53. The molecule has 0 aliphatic carbocycles. The van der Waals surface area contributed by atoms with E-state index in [1.165, 1.54) is 6.07 Å². The number of carbonyl (C=O) groups is 1. The molecule has 2 fully saturated rings. The first-order chi connectivity index (χ1) is 17.5. The second-order valence-corrected chi connectivity index (χ2v) is 9.10. The third-order valence-electron chi connectivity index (χ3n) is 7.13. The van der Waals surface area contributed by atoms with Crippen molar-refractivity contribution in [2.24, 2.45) is 5.92 Å². The van der Waals surface area contributed by atoms with Gasteiger partial charge in [-0.25, -0.2) is 0 Å². The van der Waals surface area contributed by atoms with E-state index >= 15 is 0 Å². The van der Waals surface area contributed by atoms with Crippen molar-refractivity contribution in [1.82, 2.24) is 9.80 Å². The standard InChI is InChI=1S/C26H34N4O6/c1-34-23-9-8-20(24(35-2)25(23)36-3)18-27-14-16-29(17-15-27)26(31)19-10-12-28(13-11-19)21-6-4-5-7-22(21)30(32)33/h4-9,19H,10-18H2,1-3H3. The van der Waals surface area contributed by atoms with Gasteiger partial charge in [-0.2, -0.15) is 0 Å². The highest BCUT2D eigenvalue weighted by molar-refractivity contribution is 5.79. The van der Waals surface area contributed by atoms with Gasteiger partial charge in [0, 0.05) is 63.4 Å². The predicted octanol–water partition coefficient (Wildman–Crippen LogP) is 3.18. The Kier molecular flexibility index (Phi) is 8.14. The number of ether oxygens (including phenoxy) is 3.